The topological polar surface area (TPSA) is 75.5 Å². The van der Waals surface area contributed by atoms with Gasteiger partial charge in [0.05, 0.1) is 10.7 Å². The second kappa shape index (κ2) is 7.36. The van der Waals surface area contributed by atoms with Crippen LogP contribution in [0, 0.1) is 0 Å². The number of benzene rings is 1. The maximum absolute atomic E-state index is 12.1. The van der Waals surface area contributed by atoms with Crippen molar-refractivity contribution in [2.24, 2.45) is 0 Å². The molecule has 2 heterocycles. The normalized spacial score (nSPS) is 10.6. The van der Waals surface area contributed by atoms with E-state index in [9.17, 15) is 9.59 Å². The molecule has 3 aromatic rings. The first kappa shape index (κ1) is 17.0. The van der Waals surface area contributed by atoms with Crippen molar-refractivity contribution in [3.8, 4) is 0 Å². The van der Waals surface area contributed by atoms with E-state index < -0.39 is 0 Å². The first-order chi connectivity index (χ1) is 12.0. The lowest BCUT2D eigenvalue weighted by Gasteiger charge is -2.06. The van der Waals surface area contributed by atoms with E-state index in [1.807, 2.05) is 16.7 Å². The molecule has 0 radical (unpaired) electrons. The highest BCUT2D eigenvalue weighted by Gasteiger charge is 2.07. The smallest absolute Gasteiger partial charge is 0.251 e. The van der Waals surface area contributed by atoms with Crippen molar-refractivity contribution in [1.29, 1.82) is 0 Å². The highest BCUT2D eigenvalue weighted by atomic mass is 35.5. The van der Waals surface area contributed by atoms with Gasteiger partial charge in [0.1, 0.15) is 5.65 Å². The number of hydrogen-bond donors (Lipinski definition) is 2. The van der Waals surface area contributed by atoms with Crippen LogP contribution in [0.5, 0.6) is 0 Å². The van der Waals surface area contributed by atoms with Gasteiger partial charge in [-0.3, -0.25) is 9.59 Å². The Labute approximate surface area is 149 Å². The fraction of sp³-hybridized carbons (Fsp3) is 0.167. The molecule has 0 bridgehead atoms. The van der Waals surface area contributed by atoms with Crippen molar-refractivity contribution < 1.29 is 9.59 Å². The van der Waals surface area contributed by atoms with Crippen LogP contribution in [0.15, 0.2) is 48.8 Å². The third kappa shape index (κ3) is 4.36. The van der Waals surface area contributed by atoms with Crippen LogP contribution >= 0.6 is 11.6 Å². The molecule has 0 unspecified atom stereocenters. The third-order valence-corrected chi connectivity index (χ3v) is 3.82. The molecule has 2 N–H and O–H groups in total. The lowest BCUT2D eigenvalue weighted by atomic mass is 10.2. The zero-order valence-corrected chi connectivity index (χ0v) is 14.4. The van der Waals surface area contributed by atoms with Gasteiger partial charge < -0.3 is 15.0 Å². The van der Waals surface area contributed by atoms with Crippen molar-refractivity contribution in [2.45, 2.75) is 13.3 Å². The van der Waals surface area contributed by atoms with Gasteiger partial charge in [0.2, 0.25) is 5.91 Å². The molecular formula is C18H17ClN4O2. The number of nitrogens with zero attached hydrogens (tertiary/aromatic N) is 2. The Morgan fingerprint density at radius 3 is 2.60 bits per heavy atom. The number of nitrogens with one attached hydrogen (secondary N) is 2. The lowest BCUT2D eigenvalue weighted by Crippen LogP contribution is -2.25. The zero-order valence-electron chi connectivity index (χ0n) is 13.6. The molecule has 6 nitrogen and oxygen atoms in total. The van der Waals surface area contributed by atoms with Crippen LogP contribution in [0.3, 0.4) is 0 Å². The number of pyridine rings is 1. The molecule has 0 aliphatic carbocycles. The summed E-state index contributed by atoms with van der Waals surface area (Å²) in [4.78, 5) is 27.6. The van der Waals surface area contributed by atoms with E-state index >= 15 is 0 Å². The fourth-order valence-electron chi connectivity index (χ4n) is 2.45. The van der Waals surface area contributed by atoms with E-state index in [4.69, 9.17) is 11.6 Å². The Morgan fingerprint density at radius 1 is 1.12 bits per heavy atom. The molecule has 128 valence electrons. The van der Waals surface area contributed by atoms with Gasteiger partial charge in [0, 0.05) is 43.5 Å². The maximum atomic E-state index is 12.1. The van der Waals surface area contributed by atoms with E-state index in [2.05, 4.69) is 15.6 Å². The number of aromatic nitrogens is 2. The van der Waals surface area contributed by atoms with E-state index in [1.54, 1.807) is 36.5 Å². The molecule has 0 atom stereocenters. The van der Waals surface area contributed by atoms with E-state index in [1.165, 1.54) is 6.92 Å². The summed E-state index contributed by atoms with van der Waals surface area (Å²) in [5.41, 5.74) is 2.89. The van der Waals surface area contributed by atoms with Gasteiger partial charge in [-0.2, -0.15) is 0 Å². The van der Waals surface area contributed by atoms with E-state index in [0.717, 1.165) is 11.3 Å². The molecule has 0 saturated heterocycles. The highest BCUT2D eigenvalue weighted by molar-refractivity contribution is 6.30. The minimum atomic E-state index is -0.166. The molecule has 0 fully saturated rings. The van der Waals surface area contributed by atoms with Gasteiger partial charge >= 0.3 is 0 Å². The Bertz CT molecular complexity index is 918. The monoisotopic (exact) mass is 356 g/mol. The summed E-state index contributed by atoms with van der Waals surface area (Å²) in [7, 11) is 0. The van der Waals surface area contributed by atoms with Crippen molar-refractivity contribution in [1.82, 2.24) is 14.7 Å². The van der Waals surface area contributed by atoms with Crippen LogP contribution in [0.25, 0.3) is 5.65 Å². The number of hydrogen-bond acceptors (Lipinski definition) is 3. The quantitative estimate of drug-likeness (QED) is 0.738. The first-order valence-electron chi connectivity index (χ1n) is 7.80. The highest BCUT2D eigenvalue weighted by Crippen LogP contribution is 2.12. The predicted octanol–water partition coefficient (Wildman–Crippen LogP) is 2.92. The van der Waals surface area contributed by atoms with Crippen molar-refractivity contribution in [2.75, 3.05) is 11.9 Å². The number of halogens is 1. The zero-order chi connectivity index (χ0) is 17.8. The fourth-order valence-corrected chi connectivity index (χ4v) is 2.62. The lowest BCUT2D eigenvalue weighted by molar-refractivity contribution is -0.114. The molecule has 0 saturated carbocycles. The van der Waals surface area contributed by atoms with E-state index in [-0.39, 0.29) is 11.8 Å². The van der Waals surface area contributed by atoms with Crippen LogP contribution in [-0.4, -0.2) is 27.7 Å². The SMILES string of the molecule is CC(=O)Nc1ccc(C(=O)NCCc2cn3cc(Cl)ccc3n2)cc1. The van der Waals surface area contributed by atoms with Crippen molar-refractivity contribution >= 4 is 34.7 Å². The Balaban J connectivity index is 1.55. The van der Waals surface area contributed by atoms with Crippen LogP contribution in [0.4, 0.5) is 5.69 Å². The molecular weight excluding hydrogens is 340 g/mol. The van der Waals surface area contributed by atoms with Crippen LogP contribution < -0.4 is 10.6 Å². The summed E-state index contributed by atoms with van der Waals surface area (Å²) >= 11 is 5.95. The van der Waals surface area contributed by atoms with Crippen molar-refractivity contribution in [3.05, 3.63) is 65.1 Å². The molecule has 25 heavy (non-hydrogen) atoms. The van der Waals surface area contributed by atoms with Crippen molar-refractivity contribution in [3.63, 3.8) is 0 Å². The maximum Gasteiger partial charge on any atom is 0.251 e. The number of fused-ring (bicyclic) bond motifs is 1. The third-order valence-electron chi connectivity index (χ3n) is 3.60. The summed E-state index contributed by atoms with van der Waals surface area (Å²) < 4.78 is 1.86. The summed E-state index contributed by atoms with van der Waals surface area (Å²) in [6.45, 7) is 1.91. The minimum Gasteiger partial charge on any atom is -0.352 e. The van der Waals surface area contributed by atoms with Gasteiger partial charge in [0.25, 0.3) is 5.91 Å². The largest absolute Gasteiger partial charge is 0.352 e. The molecule has 0 aliphatic rings. The summed E-state index contributed by atoms with van der Waals surface area (Å²) in [5, 5.41) is 6.17. The molecule has 0 spiro atoms. The molecule has 0 aliphatic heterocycles. The number of amides is 2. The Kier molecular flexibility index (Phi) is 5.00. The van der Waals surface area contributed by atoms with Gasteiger partial charge in [-0.25, -0.2) is 4.98 Å². The number of carbonyl (C=O) groups excluding carboxylic acids is 2. The second-order valence-electron chi connectivity index (χ2n) is 5.61. The van der Waals surface area contributed by atoms with Crippen LogP contribution in [0.1, 0.15) is 23.0 Å². The number of imidazole rings is 1. The van der Waals surface area contributed by atoms with Gasteiger partial charge in [-0.1, -0.05) is 11.6 Å². The molecule has 1 aromatic carbocycles. The Morgan fingerprint density at radius 2 is 1.88 bits per heavy atom. The Hall–Kier alpha value is -2.86. The average molecular weight is 357 g/mol. The van der Waals surface area contributed by atoms with Crippen LogP contribution in [-0.2, 0) is 11.2 Å². The molecule has 2 aromatic heterocycles. The number of anilines is 1. The molecule has 3 rings (SSSR count). The minimum absolute atomic E-state index is 0.147. The summed E-state index contributed by atoms with van der Waals surface area (Å²) in [5.74, 6) is -0.313. The average Bonchev–Trinajstić information content (AvgIpc) is 2.96. The number of rotatable bonds is 5. The molecule has 2 amide bonds. The van der Waals surface area contributed by atoms with Gasteiger partial charge in [0.15, 0.2) is 0 Å². The van der Waals surface area contributed by atoms with Gasteiger partial charge in [-0.15, -0.1) is 0 Å². The second-order valence-corrected chi connectivity index (χ2v) is 6.05. The standard InChI is InChI=1S/C18H17ClN4O2/c1-12(24)21-15-5-2-13(3-6-15)18(25)20-9-8-16-11-23-10-14(19)4-7-17(23)22-16/h2-7,10-11H,8-9H2,1H3,(H,20,25)(H,21,24). The van der Waals surface area contributed by atoms with Gasteiger partial charge in [-0.05, 0) is 36.4 Å². The van der Waals surface area contributed by atoms with E-state index in [0.29, 0.717) is 29.2 Å². The molecule has 7 heteroatoms. The number of carbonyl (C=O) groups is 2. The van der Waals surface area contributed by atoms with Crippen LogP contribution in [0.2, 0.25) is 5.02 Å². The summed E-state index contributed by atoms with van der Waals surface area (Å²) in [6.07, 6.45) is 4.31. The summed E-state index contributed by atoms with van der Waals surface area (Å²) in [6, 6.07) is 10.4. The predicted molar refractivity (Wildman–Crippen MR) is 97.0 cm³/mol. The first-order valence-corrected chi connectivity index (χ1v) is 8.18.